The Bertz CT molecular complexity index is 1090. The number of ether oxygens (including phenoxy) is 1. The highest BCUT2D eigenvalue weighted by atomic mass is 32.1. The molecule has 0 unspecified atom stereocenters. The number of aromatic hydroxyl groups is 1. The van der Waals surface area contributed by atoms with E-state index in [1.54, 1.807) is 37.4 Å². The molecule has 0 radical (unpaired) electrons. The van der Waals surface area contributed by atoms with Crippen LogP contribution in [0.5, 0.6) is 11.5 Å². The molecule has 7 heteroatoms. The fourth-order valence-corrected chi connectivity index (χ4v) is 3.29. The third-order valence-corrected chi connectivity index (χ3v) is 4.69. The van der Waals surface area contributed by atoms with Crippen molar-refractivity contribution in [2.24, 2.45) is 7.05 Å². The minimum Gasteiger partial charge on any atom is -0.504 e. The third kappa shape index (κ3) is 3.41. The zero-order valence-corrected chi connectivity index (χ0v) is 14.4. The molecular weight excluding hydrogens is 342 g/mol. The molecule has 0 bridgehead atoms. The predicted molar refractivity (Wildman–Crippen MR) is 94.5 cm³/mol. The second-order valence-electron chi connectivity index (χ2n) is 5.23. The number of ketones is 1. The topological polar surface area (TPSA) is 81.7 Å². The fourth-order valence-electron chi connectivity index (χ4n) is 2.26. The van der Waals surface area contributed by atoms with Crippen molar-refractivity contribution >= 4 is 29.3 Å². The molecule has 0 aliphatic carbocycles. The van der Waals surface area contributed by atoms with Gasteiger partial charge < -0.3 is 18.8 Å². The van der Waals surface area contributed by atoms with E-state index in [0.29, 0.717) is 20.5 Å². The molecule has 2 heterocycles. The summed E-state index contributed by atoms with van der Waals surface area (Å²) in [6.45, 7) is 0. The molecule has 0 amide bonds. The van der Waals surface area contributed by atoms with Gasteiger partial charge in [0, 0.05) is 13.1 Å². The molecule has 0 saturated carbocycles. The molecule has 0 aliphatic rings. The van der Waals surface area contributed by atoms with E-state index in [9.17, 15) is 14.7 Å². The fraction of sp³-hybridized carbons (Fsp3) is 0.111. The second-order valence-corrected chi connectivity index (χ2v) is 6.29. The molecule has 2 aromatic heterocycles. The van der Waals surface area contributed by atoms with Crippen molar-refractivity contribution in [1.82, 2.24) is 4.57 Å². The number of carbonyl (C=O) groups is 1. The first-order valence-corrected chi connectivity index (χ1v) is 8.15. The average Bonchev–Trinajstić information content (AvgIpc) is 3.21. The summed E-state index contributed by atoms with van der Waals surface area (Å²) in [5.74, 6) is 0.251. The van der Waals surface area contributed by atoms with Crippen molar-refractivity contribution in [3.05, 3.63) is 67.5 Å². The van der Waals surface area contributed by atoms with Gasteiger partial charge in [-0.3, -0.25) is 9.59 Å². The molecule has 1 aromatic carbocycles. The highest BCUT2D eigenvalue weighted by Gasteiger charge is 2.08. The van der Waals surface area contributed by atoms with E-state index in [2.05, 4.69) is 0 Å². The van der Waals surface area contributed by atoms with Crippen LogP contribution in [-0.2, 0) is 7.05 Å². The van der Waals surface area contributed by atoms with Gasteiger partial charge in [0.05, 0.1) is 17.9 Å². The second kappa shape index (κ2) is 6.82. The maximum Gasteiger partial charge on any atom is 0.268 e. The van der Waals surface area contributed by atoms with E-state index in [4.69, 9.17) is 9.15 Å². The smallest absolute Gasteiger partial charge is 0.268 e. The monoisotopic (exact) mass is 357 g/mol. The summed E-state index contributed by atoms with van der Waals surface area (Å²) in [4.78, 5) is 24.5. The number of phenolic OH excluding ortho intramolecular Hbond substituents is 1. The Morgan fingerprint density at radius 1 is 1.36 bits per heavy atom. The van der Waals surface area contributed by atoms with Gasteiger partial charge in [0.1, 0.15) is 4.66 Å². The van der Waals surface area contributed by atoms with Gasteiger partial charge in [-0.05, 0) is 35.9 Å². The van der Waals surface area contributed by atoms with Gasteiger partial charge in [-0.2, -0.15) is 0 Å². The van der Waals surface area contributed by atoms with Crippen LogP contribution in [0.3, 0.4) is 0 Å². The van der Waals surface area contributed by atoms with Crippen LogP contribution in [0.2, 0.25) is 0 Å². The maximum absolute atomic E-state index is 12.4. The van der Waals surface area contributed by atoms with Crippen molar-refractivity contribution in [2.45, 2.75) is 0 Å². The van der Waals surface area contributed by atoms with Crippen LogP contribution in [0.15, 0.2) is 45.8 Å². The zero-order chi connectivity index (χ0) is 18.0. The van der Waals surface area contributed by atoms with E-state index in [1.807, 2.05) is 0 Å². The number of hydrogen-bond donors (Lipinski definition) is 1. The highest BCUT2D eigenvalue weighted by molar-refractivity contribution is 7.07. The Hall–Kier alpha value is -3.06. The SMILES string of the molecule is COc1ccc(/C=c2\s/c(=C\C(=O)c3ccco3)n(C)c2=O)cc1O. The normalized spacial score (nSPS) is 12.6. The van der Waals surface area contributed by atoms with Gasteiger partial charge in [-0.25, -0.2) is 0 Å². The summed E-state index contributed by atoms with van der Waals surface area (Å²) in [6, 6.07) is 8.05. The minimum atomic E-state index is -0.310. The minimum absolute atomic E-state index is 0.00980. The molecule has 1 N–H and O–H groups in total. The summed E-state index contributed by atoms with van der Waals surface area (Å²) >= 11 is 1.19. The van der Waals surface area contributed by atoms with E-state index in [1.165, 1.54) is 41.4 Å². The first kappa shape index (κ1) is 16.8. The lowest BCUT2D eigenvalue weighted by Crippen LogP contribution is -2.29. The van der Waals surface area contributed by atoms with E-state index in [-0.39, 0.29) is 22.9 Å². The van der Waals surface area contributed by atoms with Crippen LogP contribution >= 0.6 is 11.3 Å². The summed E-state index contributed by atoms with van der Waals surface area (Å²) in [5.41, 5.74) is 0.431. The van der Waals surface area contributed by atoms with Crippen LogP contribution < -0.4 is 19.5 Å². The molecule has 25 heavy (non-hydrogen) atoms. The van der Waals surface area contributed by atoms with Gasteiger partial charge in [0.2, 0.25) is 5.78 Å². The molecule has 3 aromatic rings. The number of furan rings is 1. The van der Waals surface area contributed by atoms with Gasteiger partial charge >= 0.3 is 0 Å². The molecule has 0 atom stereocenters. The first-order valence-electron chi connectivity index (χ1n) is 7.33. The van der Waals surface area contributed by atoms with Crippen LogP contribution in [0, 0.1) is 0 Å². The number of Topliss-reactive ketones (excluding diaryl/α,β-unsaturated/α-hetero) is 1. The van der Waals surface area contributed by atoms with Crippen LogP contribution in [0.25, 0.3) is 12.2 Å². The van der Waals surface area contributed by atoms with Gasteiger partial charge in [0.15, 0.2) is 17.3 Å². The van der Waals surface area contributed by atoms with Crippen LogP contribution in [0.1, 0.15) is 16.1 Å². The molecule has 3 rings (SSSR count). The lowest BCUT2D eigenvalue weighted by atomic mass is 10.2. The summed E-state index contributed by atoms with van der Waals surface area (Å²) in [5, 5.41) is 9.84. The summed E-state index contributed by atoms with van der Waals surface area (Å²) < 4.78 is 12.4. The standard InChI is InChI=1S/C18H15NO5S/c1-19-17(10-13(21)15-4-3-7-24-15)25-16(18(19)22)9-11-5-6-14(23-2)12(20)8-11/h3-10,20H,1-2H3/b16-9-,17-10-. The van der Waals surface area contributed by atoms with Gasteiger partial charge in [-0.1, -0.05) is 6.07 Å². The lowest BCUT2D eigenvalue weighted by molar-refractivity contribution is 0.103. The van der Waals surface area contributed by atoms with Crippen molar-refractivity contribution < 1.29 is 19.1 Å². The number of methoxy groups -OCH3 is 1. The Kier molecular flexibility index (Phi) is 4.58. The Balaban J connectivity index is 2.06. The lowest BCUT2D eigenvalue weighted by Gasteiger charge is -2.02. The molecular formula is C18H15NO5S. The number of hydrogen-bond acceptors (Lipinski definition) is 6. The molecule has 0 spiro atoms. The van der Waals surface area contributed by atoms with Crippen LogP contribution in [-0.4, -0.2) is 22.6 Å². The molecule has 0 saturated heterocycles. The number of aromatic nitrogens is 1. The van der Waals surface area contributed by atoms with Crippen molar-refractivity contribution in [3.8, 4) is 11.5 Å². The van der Waals surface area contributed by atoms with Gasteiger partial charge in [0.25, 0.3) is 5.56 Å². The number of phenols is 1. The number of thiazole rings is 1. The molecule has 6 nitrogen and oxygen atoms in total. The quantitative estimate of drug-likeness (QED) is 0.711. The maximum atomic E-state index is 12.4. The largest absolute Gasteiger partial charge is 0.504 e. The number of rotatable bonds is 4. The first-order chi connectivity index (χ1) is 12.0. The highest BCUT2D eigenvalue weighted by Crippen LogP contribution is 2.26. The Morgan fingerprint density at radius 3 is 2.80 bits per heavy atom. The number of carbonyl (C=O) groups excluding carboxylic acids is 1. The molecule has 0 fully saturated rings. The van der Waals surface area contributed by atoms with E-state index in [0.717, 1.165) is 0 Å². The predicted octanol–water partition coefficient (Wildman–Crippen LogP) is 1.25. The Labute approximate surface area is 146 Å². The van der Waals surface area contributed by atoms with Crippen LogP contribution in [0.4, 0.5) is 0 Å². The summed E-state index contributed by atoms with van der Waals surface area (Å²) in [6.07, 6.45) is 4.44. The van der Waals surface area contributed by atoms with Crippen molar-refractivity contribution in [1.29, 1.82) is 0 Å². The zero-order valence-electron chi connectivity index (χ0n) is 13.6. The van der Waals surface area contributed by atoms with E-state index < -0.39 is 0 Å². The molecule has 128 valence electrons. The average molecular weight is 357 g/mol. The Morgan fingerprint density at radius 2 is 2.16 bits per heavy atom. The number of benzene rings is 1. The van der Waals surface area contributed by atoms with E-state index >= 15 is 0 Å². The third-order valence-electron chi connectivity index (χ3n) is 3.58. The molecule has 0 aliphatic heterocycles. The van der Waals surface area contributed by atoms with Gasteiger partial charge in [-0.15, -0.1) is 11.3 Å². The van der Waals surface area contributed by atoms with Crippen molar-refractivity contribution in [3.63, 3.8) is 0 Å². The van der Waals surface area contributed by atoms with Crippen molar-refractivity contribution in [2.75, 3.05) is 7.11 Å². The number of nitrogens with zero attached hydrogens (tertiary/aromatic N) is 1. The summed E-state index contributed by atoms with van der Waals surface area (Å²) in [7, 11) is 3.06.